The predicted molar refractivity (Wildman–Crippen MR) is 117 cm³/mol. The molecule has 0 bridgehead atoms. The Labute approximate surface area is 176 Å². The van der Waals surface area contributed by atoms with Crippen LogP contribution in [-0.2, 0) is 13.1 Å². The molecule has 6 nitrogen and oxygen atoms in total. The zero-order valence-electron chi connectivity index (χ0n) is 15.5. The molecule has 0 saturated carbocycles. The molecular weight excluding hydrogens is 465 g/mol. The molecule has 0 fully saturated rings. The fourth-order valence-corrected chi connectivity index (χ4v) is 2.98. The number of methoxy groups -OCH3 is 2. The van der Waals surface area contributed by atoms with Crippen LogP contribution in [-0.4, -0.2) is 33.8 Å². The standard InChI is InChI=1S/C18H25N3O3S.HI/c1-5-24-17-15(22-3)8-14(9-16(17)23-4)11-21-18(19-2)20-10-13-6-7-25-12-13;/h6-9,12H,5,10-11H2,1-4H3,(H2,19,20,21);1H. The highest BCUT2D eigenvalue weighted by molar-refractivity contribution is 14.0. The summed E-state index contributed by atoms with van der Waals surface area (Å²) in [5, 5.41) is 10.8. The van der Waals surface area contributed by atoms with Crippen molar-refractivity contribution in [1.82, 2.24) is 10.6 Å². The van der Waals surface area contributed by atoms with E-state index in [0.29, 0.717) is 30.4 Å². The second-order valence-corrected chi connectivity index (χ2v) is 5.95. The molecule has 0 saturated heterocycles. The van der Waals surface area contributed by atoms with Crippen LogP contribution in [0, 0.1) is 0 Å². The molecule has 0 aliphatic rings. The van der Waals surface area contributed by atoms with Crippen molar-refractivity contribution in [2.45, 2.75) is 20.0 Å². The summed E-state index contributed by atoms with van der Waals surface area (Å²) in [5.41, 5.74) is 2.24. The SMILES string of the molecule is CCOc1c(OC)cc(CNC(=NC)NCc2ccsc2)cc1OC.I. The molecule has 1 heterocycles. The maximum Gasteiger partial charge on any atom is 0.203 e. The van der Waals surface area contributed by atoms with Crippen LogP contribution in [0.5, 0.6) is 17.2 Å². The number of aliphatic imine (C=N–C) groups is 1. The third-order valence-corrected chi connectivity index (χ3v) is 4.26. The summed E-state index contributed by atoms with van der Waals surface area (Å²) in [6, 6.07) is 5.96. The number of nitrogens with zero attached hydrogens (tertiary/aromatic N) is 1. The van der Waals surface area contributed by atoms with Crippen molar-refractivity contribution < 1.29 is 14.2 Å². The lowest BCUT2D eigenvalue weighted by molar-refractivity contribution is 0.288. The fraction of sp³-hybridized carbons (Fsp3) is 0.389. The number of hydrogen-bond acceptors (Lipinski definition) is 5. The van der Waals surface area contributed by atoms with E-state index >= 15 is 0 Å². The number of benzene rings is 1. The smallest absolute Gasteiger partial charge is 0.203 e. The Kier molecular flexibility index (Phi) is 10.2. The summed E-state index contributed by atoms with van der Waals surface area (Å²) in [5.74, 6) is 2.66. The summed E-state index contributed by atoms with van der Waals surface area (Å²) in [4.78, 5) is 4.25. The molecule has 0 aliphatic carbocycles. The van der Waals surface area contributed by atoms with Gasteiger partial charge in [0, 0.05) is 20.1 Å². The van der Waals surface area contributed by atoms with E-state index in [0.717, 1.165) is 18.1 Å². The van der Waals surface area contributed by atoms with E-state index in [2.05, 4.69) is 32.5 Å². The number of rotatable bonds is 8. The zero-order chi connectivity index (χ0) is 18.1. The van der Waals surface area contributed by atoms with Crippen LogP contribution in [0.4, 0.5) is 0 Å². The van der Waals surface area contributed by atoms with Gasteiger partial charge < -0.3 is 24.8 Å². The minimum atomic E-state index is 0. The van der Waals surface area contributed by atoms with E-state index in [-0.39, 0.29) is 24.0 Å². The quantitative estimate of drug-likeness (QED) is 0.336. The van der Waals surface area contributed by atoms with Crippen molar-refractivity contribution in [3.8, 4) is 17.2 Å². The third kappa shape index (κ3) is 6.24. The lowest BCUT2D eigenvalue weighted by atomic mass is 10.2. The normalized spacial score (nSPS) is 10.7. The molecule has 2 N–H and O–H groups in total. The largest absolute Gasteiger partial charge is 0.493 e. The predicted octanol–water partition coefficient (Wildman–Crippen LogP) is 3.65. The van der Waals surface area contributed by atoms with Gasteiger partial charge in [-0.25, -0.2) is 0 Å². The number of halogens is 1. The first kappa shape index (κ1) is 22.4. The van der Waals surface area contributed by atoms with Crippen molar-refractivity contribution in [1.29, 1.82) is 0 Å². The van der Waals surface area contributed by atoms with E-state index in [9.17, 15) is 0 Å². The first-order chi connectivity index (χ1) is 12.2. The van der Waals surface area contributed by atoms with Gasteiger partial charge >= 0.3 is 0 Å². The minimum Gasteiger partial charge on any atom is -0.493 e. The number of guanidine groups is 1. The lowest BCUT2D eigenvalue weighted by Crippen LogP contribution is -2.36. The Morgan fingerprint density at radius 3 is 2.15 bits per heavy atom. The molecule has 2 rings (SSSR count). The van der Waals surface area contributed by atoms with E-state index in [4.69, 9.17) is 14.2 Å². The molecule has 0 atom stereocenters. The van der Waals surface area contributed by atoms with Crippen LogP contribution in [0.15, 0.2) is 34.0 Å². The van der Waals surface area contributed by atoms with Crippen molar-refractivity contribution >= 4 is 41.3 Å². The monoisotopic (exact) mass is 491 g/mol. The molecule has 1 aromatic heterocycles. The molecule has 0 spiro atoms. The number of ether oxygens (including phenoxy) is 3. The maximum atomic E-state index is 5.63. The van der Waals surface area contributed by atoms with Crippen LogP contribution in [0.1, 0.15) is 18.1 Å². The topological polar surface area (TPSA) is 64.1 Å². The molecule has 144 valence electrons. The second-order valence-electron chi connectivity index (χ2n) is 5.17. The van der Waals surface area contributed by atoms with E-state index in [1.807, 2.05) is 19.1 Å². The van der Waals surface area contributed by atoms with E-state index in [1.54, 1.807) is 32.6 Å². The van der Waals surface area contributed by atoms with E-state index < -0.39 is 0 Å². The average molecular weight is 491 g/mol. The van der Waals surface area contributed by atoms with Gasteiger partial charge in [0.1, 0.15) is 0 Å². The Bertz CT molecular complexity index is 668. The molecule has 26 heavy (non-hydrogen) atoms. The first-order valence-electron chi connectivity index (χ1n) is 8.05. The van der Waals surface area contributed by atoms with Gasteiger partial charge in [-0.05, 0) is 47.0 Å². The minimum absolute atomic E-state index is 0. The number of nitrogens with one attached hydrogen (secondary N) is 2. The zero-order valence-corrected chi connectivity index (χ0v) is 18.6. The summed E-state index contributed by atoms with van der Waals surface area (Å²) in [6.07, 6.45) is 0. The Morgan fingerprint density at radius 1 is 1.08 bits per heavy atom. The highest BCUT2D eigenvalue weighted by Crippen LogP contribution is 2.38. The molecule has 0 radical (unpaired) electrons. The summed E-state index contributed by atoms with van der Waals surface area (Å²) < 4.78 is 16.5. The highest BCUT2D eigenvalue weighted by Gasteiger charge is 2.14. The Balaban J connectivity index is 0.00000338. The first-order valence-corrected chi connectivity index (χ1v) is 8.99. The van der Waals surface area contributed by atoms with Gasteiger partial charge in [0.2, 0.25) is 5.75 Å². The van der Waals surface area contributed by atoms with Crippen molar-refractivity contribution in [2.24, 2.45) is 4.99 Å². The summed E-state index contributed by atoms with van der Waals surface area (Å²) >= 11 is 1.68. The van der Waals surface area contributed by atoms with Gasteiger partial charge in [-0.1, -0.05) is 0 Å². The van der Waals surface area contributed by atoms with Gasteiger partial charge in [-0.2, -0.15) is 11.3 Å². The van der Waals surface area contributed by atoms with Crippen molar-refractivity contribution in [2.75, 3.05) is 27.9 Å². The molecule has 2 aromatic rings. The molecule has 0 aliphatic heterocycles. The van der Waals surface area contributed by atoms with Crippen molar-refractivity contribution in [3.63, 3.8) is 0 Å². The van der Waals surface area contributed by atoms with Crippen LogP contribution in [0.3, 0.4) is 0 Å². The third-order valence-electron chi connectivity index (χ3n) is 3.53. The van der Waals surface area contributed by atoms with Crippen LogP contribution in [0.25, 0.3) is 0 Å². The number of thiophene rings is 1. The van der Waals surface area contributed by atoms with Gasteiger partial charge in [0.05, 0.1) is 20.8 Å². The van der Waals surface area contributed by atoms with Crippen LogP contribution < -0.4 is 24.8 Å². The lowest BCUT2D eigenvalue weighted by Gasteiger charge is -2.16. The van der Waals surface area contributed by atoms with Gasteiger partial charge in [-0.15, -0.1) is 24.0 Å². The number of hydrogen-bond donors (Lipinski definition) is 2. The van der Waals surface area contributed by atoms with E-state index in [1.165, 1.54) is 5.56 Å². The average Bonchev–Trinajstić information content (AvgIpc) is 3.16. The summed E-state index contributed by atoms with van der Waals surface area (Å²) in [6.45, 7) is 3.79. The van der Waals surface area contributed by atoms with Gasteiger partial charge in [-0.3, -0.25) is 4.99 Å². The van der Waals surface area contributed by atoms with Gasteiger partial charge in [0.25, 0.3) is 0 Å². The van der Waals surface area contributed by atoms with Gasteiger partial charge in [0.15, 0.2) is 17.5 Å². The Hall–Kier alpha value is -1.68. The van der Waals surface area contributed by atoms with Crippen LogP contribution in [0.2, 0.25) is 0 Å². The Morgan fingerprint density at radius 2 is 1.69 bits per heavy atom. The maximum absolute atomic E-state index is 5.63. The highest BCUT2D eigenvalue weighted by atomic mass is 127. The fourth-order valence-electron chi connectivity index (χ4n) is 2.31. The molecular formula is C18H26IN3O3S. The molecule has 0 unspecified atom stereocenters. The summed E-state index contributed by atoms with van der Waals surface area (Å²) in [7, 11) is 4.99. The molecule has 1 aromatic carbocycles. The van der Waals surface area contributed by atoms with Crippen LogP contribution >= 0.6 is 35.3 Å². The van der Waals surface area contributed by atoms with Crippen molar-refractivity contribution in [3.05, 3.63) is 40.1 Å². The second kappa shape index (κ2) is 11.8. The molecule has 0 amide bonds. The molecule has 8 heteroatoms.